The molecule has 0 unspecified atom stereocenters. The summed E-state index contributed by atoms with van der Waals surface area (Å²) >= 11 is 12.6. The Morgan fingerprint density at radius 2 is 0.840 bits per heavy atom. The molecule has 268 valence electrons. The van der Waals surface area contributed by atoms with Gasteiger partial charge < -0.3 is 0 Å². The van der Waals surface area contributed by atoms with Crippen LogP contribution in [0.15, 0.2) is 91.0 Å². The standard InChI is InChI=1S/C20H22O.C17H18.C3H5ClO.CH2Cl2.Al.3ClH/c1-4-19(21)14-11-12-16-15-9-7-8-10-17(15)20(5-2,6-3)18(16)13-14;1-3-17(4-2)15-11-7-5-9-13(15)14-10-6-8-12-16(14)17;1-2-3(4)5;2-1-3;;;;/h7-13H,4-6H2,1-3H3;5-12H,3-4H2,1-2H3;2H2,1H3;1H2;;3*1H/q;;;;+3;;;/p-3. The van der Waals surface area contributed by atoms with Gasteiger partial charge in [0.05, 0.1) is 5.34 Å². The van der Waals surface area contributed by atoms with Gasteiger partial charge in [-0.1, -0.05) is 126 Å². The topological polar surface area (TPSA) is 34.1 Å². The maximum absolute atomic E-state index is 12.1. The number of benzene rings is 4. The summed E-state index contributed by atoms with van der Waals surface area (Å²) in [6.07, 6.45) is 5.49. The van der Waals surface area contributed by atoms with Crippen molar-refractivity contribution in [3.8, 4) is 22.3 Å². The average molecular weight is 812 g/mol. The molecule has 50 heavy (non-hydrogen) atoms. The van der Waals surface area contributed by atoms with Crippen LogP contribution in [0.1, 0.15) is 113 Å². The second kappa shape index (κ2) is 21.9. The van der Waals surface area contributed by atoms with Crippen LogP contribution in [0, 0.1) is 0 Å². The van der Waals surface area contributed by atoms with E-state index in [0.29, 0.717) is 12.8 Å². The molecule has 4 aromatic rings. The number of ketones is 1. The molecule has 0 atom stereocenters. The Kier molecular flexibility index (Phi) is 19.5. The van der Waals surface area contributed by atoms with E-state index in [0.717, 1.165) is 18.4 Å². The lowest BCUT2D eigenvalue weighted by Crippen LogP contribution is -2.23. The van der Waals surface area contributed by atoms with Crippen molar-refractivity contribution >= 4 is 87.4 Å². The molecule has 0 aromatic heterocycles. The fraction of sp³-hybridized carbons (Fsp3) is 0.366. The Labute approximate surface area is 331 Å². The van der Waals surface area contributed by atoms with Gasteiger partial charge >= 0.3 is 11.4 Å². The molecule has 6 rings (SSSR count). The summed E-state index contributed by atoms with van der Waals surface area (Å²) in [5, 5.41) is -0.0787. The van der Waals surface area contributed by atoms with E-state index in [1.54, 1.807) is 6.92 Å². The number of rotatable bonds is 7. The van der Waals surface area contributed by atoms with Gasteiger partial charge in [0.25, 0.3) is 0 Å². The third-order valence-corrected chi connectivity index (χ3v) is 10.0. The van der Waals surface area contributed by atoms with E-state index in [1.807, 2.05) is 13.0 Å². The number of Topliss-reactive ketones (excluding diaryl/α,β-unsaturated/α-hetero) is 1. The SMILES string of the molecule is CCC(=O)Cl.CCC(=O)c1ccc2c(c1)C(CC)(CC)c1ccccc1-2.CCC1(CC)c2ccccc2-c2ccccc21.ClCCl.[Cl][Al]([Cl])[Cl]. The Morgan fingerprint density at radius 3 is 1.14 bits per heavy atom. The van der Waals surface area contributed by atoms with Gasteiger partial charge in [-0.3, -0.25) is 9.59 Å². The molecule has 0 bridgehead atoms. The van der Waals surface area contributed by atoms with Crippen molar-refractivity contribution in [3.05, 3.63) is 119 Å². The molecule has 0 aliphatic heterocycles. The third-order valence-electron chi connectivity index (χ3n) is 9.78. The predicted molar refractivity (Wildman–Crippen MR) is 222 cm³/mol. The second-order valence-corrected chi connectivity index (χ2v) is 19.5. The quantitative estimate of drug-likeness (QED) is 0.0806. The highest BCUT2D eigenvalue weighted by molar-refractivity contribution is 7.54. The van der Waals surface area contributed by atoms with Crippen molar-refractivity contribution in [2.24, 2.45) is 0 Å². The third kappa shape index (κ3) is 10.3. The summed E-state index contributed by atoms with van der Waals surface area (Å²) in [6.45, 7) is 12.8. The van der Waals surface area contributed by atoms with Crippen LogP contribution in [0.5, 0.6) is 0 Å². The number of halogens is 6. The molecular weight excluding hydrogens is 764 g/mol. The van der Waals surface area contributed by atoms with Crippen molar-refractivity contribution in [3.63, 3.8) is 0 Å². The van der Waals surface area contributed by atoms with E-state index in [9.17, 15) is 9.59 Å². The summed E-state index contributed by atoms with van der Waals surface area (Å²) < 4.78 is 0. The first kappa shape index (κ1) is 44.7. The molecule has 0 saturated heterocycles. The van der Waals surface area contributed by atoms with E-state index in [2.05, 4.69) is 113 Å². The first-order valence-electron chi connectivity index (χ1n) is 17.1. The van der Waals surface area contributed by atoms with Crippen molar-refractivity contribution in [2.75, 3.05) is 5.34 Å². The molecule has 0 spiro atoms. The summed E-state index contributed by atoms with van der Waals surface area (Å²) in [7, 11) is 14.8. The van der Waals surface area contributed by atoms with Gasteiger partial charge in [0, 0.05) is 29.2 Å². The van der Waals surface area contributed by atoms with Crippen LogP contribution in [-0.2, 0) is 15.6 Å². The fourth-order valence-corrected chi connectivity index (χ4v) is 7.27. The van der Waals surface area contributed by atoms with Gasteiger partial charge in [-0.25, -0.2) is 30.1 Å². The first-order valence-corrected chi connectivity index (χ1v) is 23.8. The summed E-state index contributed by atoms with van der Waals surface area (Å²) in [4.78, 5) is 21.7. The molecular formula is C41H47AlCl6O2. The van der Waals surface area contributed by atoms with Crippen molar-refractivity contribution in [1.82, 2.24) is 0 Å². The smallest absolute Gasteiger partial charge is 0.294 e. The lowest BCUT2D eigenvalue weighted by molar-refractivity contribution is -0.111. The van der Waals surface area contributed by atoms with Crippen molar-refractivity contribution in [1.29, 1.82) is 0 Å². The lowest BCUT2D eigenvalue weighted by atomic mass is 9.73. The molecule has 4 aromatic carbocycles. The highest BCUT2D eigenvalue weighted by Gasteiger charge is 2.41. The van der Waals surface area contributed by atoms with Crippen molar-refractivity contribution < 1.29 is 9.59 Å². The molecule has 0 saturated carbocycles. The van der Waals surface area contributed by atoms with Gasteiger partial charge in [-0.05, 0) is 87.9 Å². The van der Waals surface area contributed by atoms with Crippen LogP contribution in [-0.4, -0.2) is 27.7 Å². The number of fused-ring (bicyclic) bond motifs is 6. The van der Waals surface area contributed by atoms with Crippen LogP contribution in [0.2, 0.25) is 0 Å². The summed E-state index contributed by atoms with van der Waals surface area (Å²) in [6, 6.07) is 32.8. The van der Waals surface area contributed by atoms with Gasteiger partial charge in [0.1, 0.15) is 0 Å². The summed E-state index contributed by atoms with van der Waals surface area (Å²) in [5.74, 6) is 0.231. The molecule has 0 N–H and O–H groups in total. The minimum atomic E-state index is -1.72. The van der Waals surface area contributed by atoms with Gasteiger partial charge in [0.2, 0.25) is 5.24 Å². The van der Waals surface area contributed by atoms with E-state index in [1.165, 1.54) is 57.3 Å². The number of alkyl halides is 2. The van der Waals surface area contributed by atoms with Crippen LogP contribution in [0.4, 0.5) is 0 Å². The maximum Gasteiger partial charge on any atom is 0.643 e. The van der Waals surface area contributed by atoms with Crippen LogP contribution >= 0.6 is 65.0 Å². The number of carbonyl (C=O) groups excluding carboxylic acids is 2. The van der Waals surface area contributed by atoms with Crippen LogP contribution in [0.3, 0.4) is 0 Å². The number of carbonyl (C=O) groups is 2. The summed E-state index contributed by atoms with van der Waals surface area (Å²) in [5.41, 5.74) is 12.5. The van der Waals surface area contributed by atoms with E-state index in [4.69, 9.17) is 65.0 Å². The molecule has 0 fully saturated rings. The zero-order valence-corrected chi connectivity index (χ0v) is 35.5. The molecule has 2 aliphatic carbocycles. The fourth-order valence-electron chi connectivity index (χ4n) is 7.27. The molecule has 9 heteroatoms. The minimum absolute atomic E-state index is 0.0654. The van der Waals surface area contributed by atoms with E-state index >= 15 is 0 Å². The minimum Gasteiger partial charge on any atom is -0.294 e. The molecule has 0 heterocycles. The van der Waals surface area contributed by atoms with Gasteiger partial charge in [-0.15, -0.1) is 23.2 Å². The molecule has 0 radical (unpaired) electrons. The molecule has 2 aliphatic rings. The Bertz CT molecular complexity index is 1630. The Morgan fingerprint density at radius 1 is 0.540 bits per heavy atom. The van der Waals surface area contributed by atoms with Crippen LogP contribution in [0.25, 0.3) is 22.3 Å². The van der Waals surface area contributed by atoms with Gasteiger partial charge in [0.15, 0.2) is 5.78 Å². The van der Waals surface area contributed by atoms with Crippen molar-refractivity contribution in [2.45, 2.75) is 90.9 Å². The predicted octanol–water partition coefficient (Wildman–Crippen LogP) is 14.4. The maximum atomic E-state index is 12.1. The monoisotopic (exact) mass is 808 g/mol. The highest BCUT2D eigenvalue weighted by Crippen LogP contribution is 2.53. The molecule has 0 amide bonds. The average Bonchev–Trinajstić information content (AvgIpc) is 3.59. The Hall–Kier alpha value is -1.51. The molecule has 2 nitrogen and oxygen atoms in total. The first-order chi connectivity index (χ1) is 23.9. The van der Waals surface area contributed by atoms with E-state index < -0.39 is 11.4 Å². The largest absolute Gasteiger partial charge is 0.643 e. The second-order valence-electron chi connectivity index (χ2n) is 11.8. The van der Waals surface area contributed by atoms with Crippen LogP contribution < -0.4 is 0 Å². The highest BCUT2D eigenvalue weighted by atomic mass is 35.8. The zero-order valence-electron chi connectivity index (χ0n) is 29.8. The van der Waals surface area contributed by atoms with Gasteiger partial charge in [-0.2, -0.15) is 0 Å². The number of hydrogen-bond donors (Lipinski definition) is 0. The Balaban J connectivity index is 0.000000266. The zero-order chi connectivity index (χ0) is 37.5. The normalized spacial score (nSPS) is 13.0. The number of hydrogen-bond acceptors (Lipinski definition) is 2. The lowest BCUT2D eigenvalue weighted by Gasteiger charge is -2.29. The van der Waals surface area contributed by atoms with E-state index in [-0.39, 0.29) is 27.2 Å².